The van der Waals surface area contributed by atoms with Gasteiger partial charge in [0.05, 0.1) is 11.8 Å². The second-order valence-electron chi connectivity index (χ2n) is 7.66. The maximum atomic E-state index is 13.0. The Labute approximate surface area is 172 Å². The van der Waals surface area contributed by atoms with E-state index in [0.29, 0.717) is 18.4 Å². The van der Waals surface area contributed by atoms with E-state index >= 15 is 0 Å². The molecule has 0 spiro atoms. The number of furan rings is 1. The highest BCUT2D eigenvalue weighted by Gasteiger charge is 2.30. The fourth-order valence-corrected chi connectivity index (χ4v) is 5.21. The lowest BCUT2D eigenvalue weighted by Crippen LogP contribution is -2.21. The van der Waals surface area contributed by atoms with Gasteiger partial charge in [-0.1, -0.05) is 31.5 Å². The van der Waals surface area contributed by atoms with Crippen molar-refractivity contribution in [3.63, 3.8) is 0 Å². The third-order valence-electron chi connectivity index (χ3n) is 5.58. The van der Waals surface area contributed by atoms with Crippen molar-refractivity contribution in [2.24, 2.45) is 5.92 Å². The van der Waals surface area contributed by atoms with E-state index in [0.717, 1.165) is 52.4 Å². The second kappa shape index (κ2) is 9.04. The third kappa shape index (κ3) is 4.38. The Balaban J connectivity index is 1.78. The lowest BCUT2D eigenvalue weighted by molar-refractivity contribution is -0.115. The molecule has 3 rings (SSSR count). The molecule has 4 heteroatoms. The number of aliphatic hydroxyl groups excluding tert-OH is 1. The summed E-state index contributed by atoms with van der Waals surface area (Å²) in [5, 5.41) is 10.8. The van der Waals surface area contributed by atoms with Gasteiger partial charge in [-0.15, -0.1) is 11.8 Å². The van der Waals surface area contributed by atoms with Crippen LogP contribution >= 0.6 is 11.8 Å². The van der Waals surface area contributed by atoms with Gasteiger partial charge in [0.1, 0.15) is 11.5 Å². The summed E-state index contributed by atoms with van der Waals surface area (Å²) in [6, 6.07) is 6.29. The molecule has 1 aliphatic carbocycles. The first-order valence-corrected chi connectivity index (χ1v) is 11.2. The van der Waals surface area contributed by atoms with Gasteiger partial charge >= 0.3 is 0 Å². The van der Waals surface area contributed by atoms with E-state index in [1.807, 2.05) is 13.0 Å². The van der Waals surface area contributed by atoms with Crippen LogP contribution in [0.1, 0.15) is 61.1 Å². The van der Waals surface area contributed by atoms with Crippen LogP contribution in [0.3, 0.4) is 0 Å². The number of Topliss-reactive ketones (excluding diaryl/α,β-unsaturated/α-hetero) is 1. The molecule has 0 aliphatic heterocycles. The fourth-order valence-electron chi connectivity index (χ4n) is 4.14. The number of aliphatic hydroxyl groups is 1. The number of hydrogen-bond donors (Lipinski definition) is 1. The molecule has 1 unspecified atom stereocenters. The molecule has 1 N–H and O–H groups in total. The Bertz CT molecular complexity index is 866. The van der Waals surface area contributed by atoms with Crippen LogP contribution < -0.4 is 0 Å². The third-order valence-corrected chi connectivity index (χ3v) is 6.75. The summed E-state index contributed by atoms with van der Waals surface area (Å²) < 4.78 is 5.33. The van der Waals surface area contributed by atoms with E-state index in [1.54, 1.807) is 18.0 Å². The van der Waals surface area contributed by atoms with Crippen LogP contribution in [0.5, 0.6) is 0 Å². The monoisotopic (exact) mass is 398 g/mol. The molecule has 1 heterocycles. The predicted octanol–water partition coefficient (Wildman–Crippen LogP) is 6.45. The van der Waals surface area contributed by atoms with Crippen molar-refractivity contribution in [1.82, 2.24) is 0 Å². The topological polar surface area (TPSA) is 50.4 Å². The lowest BCUT2D eigenvalue weighted by Gasteiger charge is -2.26. The zero-order valence-electron chi connectivity index (χ0n) is 17.3. The highest BCUT2D eigenvalue weighted by Crippen LogP contribution is 2.38. The summed E-state index contributed by atoms with van der Waals surface area (Å²) >= 11 is 1.76. The Hall–Kier alpha value is -1.94. The molecule has 0 saturated heterocycles. The highest BCUT2D eigenvalue weighted by atomic mass is 32.2. The average molecular weight is 399 g/mol. The van der Waals surface area contributed by atoms with Gasteiger partial charge in [0.25, 0.3) is 0 Å². The summed E-state index contributed by atoms with van der Waals surface area (Å²) in [6.07, 6.45) is 5.45. The predicted molar refractivity (Wildman–Crippen MR) is 116 cm³/mol. The molecule has 0 bridgehead atoms. The minimum Gasteiger partial charge on any atom is -0.512 e. The molecule has 3 nitrogen and oxygen atoms in total. The molecule has 1 atom stereocenters. The van der Waals surface area contributed by atoms with Gasteiger partial charge in [-0.3, -0.25) is 4.79 Å². The zero-order chi connectivity index (χ0) is 20.3. The maximum Gasteiger partial charge on any atom is 0.167 e. The number of hydrogen-bond acceptors (Lipinski definition) is 4. The van der Waals surface area contributed by atoms with Crippen LogP contribution in [0.4, 0.5) is 0 Å². The van der Waals surface area contributed by atoms with Gasteiger partial charge < -0.3 is 9.52 Å². The molecule has 1 aromatic carbocycles. The summed E-state index contributed by atoms with van der Waals surface area (Å²) in [6.45, 7) is 8.28. The van der Waals surface area contributed by atoms with Gasteiger partial charge in [0.15, 0.2) is 5.78 Å². The molecular formula is C24H30O3S. The molecule has 0 radical (unpaired) electrons. The minimum atomic E-state index is 0.0893. The zero-order valence-corrected chi connectivity index (χ0v) is 18.1. The van der Waals surface area contributed by atoms with Crippen LogP contribution in [-0.2, 0) is 17.6 Å². The van der Waals surface area contributed by atoms with Crippen molar-refractivity contribution in [3.05, 3.63) is 58.2 Å². The molecule has 0 saturated carbocycles. The number of allylic oxidation sites excluding steroid dienone is 2. The number of ketones is 1. The largest absolute Gasteiger partial charge is 0.512 e. The first-order chi connectivity index (χ1) is 13.4. The first kappa shape index (κ1) is 20.8. The van der Waals surface area contributed by atoms with Crippen molar-refractivity contribution in [1.29, 1.82) is 0 Å². The number of carbonyl (C=O) groups excluding carboxylic acids is 1. The molecular weight excluding hydrogens is 368 g/mol. The van der Waals surface area contributed by atoms with Gasteiger partial charge in [0.2, 0.25) is 0 Å². The Morgan fingerprint density at radius 3 is 2.36 bits per heavy atom. The Morgan fingerprint density at radius 2 is 1.82 bits per heavy atom. The SMILES string of the molecule is CCc1cc(C)cc(CC)c1C1=C(O)CC(CCSc2ccoc2C)CC1=O. The molecule has 28 heavy (non-hydrogen) atoms. The summed E-state index contributed by atoms with van der Waals surface area (Å²) in [5.74, 6) is 2.43. The molecule has 2 aromatic rings. The van der Waals surface area contributed by atoms with Gasteiger partial charge in [-0.2, -0.15) is 0 Å². The average Bonchev–Trinajstić information content (AvgIpc) is 3.06. The van der Waals surface area contributed by atoms with Crippen LogP contribution in [0.15, 0.2) is 39.5 Å². The van der Waals surface area contributed by atoms with E-state index in [9.17, 15) is 9.90 Å². The van der Waals surface area contributed by atoms with Gasteiger partial charge in [0, 0.05) is 17.7 Å². The molecule has 0 amide bonds. The second-order valence-corrected chi connectivity index (χ2v) is 8.80. The van der Waals surface area contributed by atoms with E-state index in [2.05, 4.69) is 32.9 Å². The van der Waals surface area contributed by atoms with Crippen LogP contribution in [0.2, 0.25) is 0 Å². The standard InChI is InChI=1S/C24H30O3S/c1-5-18-11-15(3)12-19(6-2)23(18)24-20(25)13-17(14-21(24)26)8-10-28-22-7-9-27-16(22)4/h7,9,11-12,17,25H,5-6,8,10,13-14H2,1-4H3. The highest BCUT2D eigenvalue weighted by molar-refractivity contribution is 7.99. The van der Waals surface area contributed by atoms with E-state index < -0.39 is 0 Å². The number of aryl methyl sites for hydroxylation is 4. The van der Waals surface area contributed by atoms with Gasteiger partial charge in [-0.25, -0.2) is 0 Å². The van der Waals surface area contributed by atoms with E-state index in [1.165, 1.54) is 5.56 Å². The first-order valence-electron chi connectivity index (χ1n) is 10.2. The lowest BCUT2D eigenvalue weighted by atomic mass is 9.79. The van der Waals surface area contributed by atoms with Crippen molar-refractivity contribution in [3.8, 4) is 0 Å². The van der Waals surface area contributed by atoms with Crippen LogP contribution in [0, 0.1) is 19.8 Å². The van der Waals surface area contributed by atoms with Crippen molar-refractivity contribution < 1.29 is 14.3 Å². The number of thioether (sulfide) groups is 1. The number of benzene rings is 1. The number of carbonyl (C=O) groups is 1. The van der Waals surface area contributed by atoms with Crippen molar-refractivity contribution in [2.45, 2.75) is 64.7 Å². The van der Waals surface area contributed by atoms with E-state index in [4.69, 9.17) is 4.42 Å². The van der Waals surface area contributed by atoms with Crippen molar-refractivity contribution >= 4 is 23.1 Å². The van der Waals surface area contributed by atoms with Gasteiger partial charge in [-0.05, 0) is 67.5 Å². The normalized spacial score (nSPS) is 17.4. The van der Waals surface area contributed by atoms with Crippen LogP contribution in [0.25, 0.3) is 5.57 Å². The summed E-state index contributed by atoms with van der Waals surface area (Å²) in [5.41, 5.74) is 5.10. The molecule has 150 valence electrons. The molecule has 1 aromatic heterocycles. The minimum absolute atomic E-state index is 0.0893. The van der Waals surface area contributed by atoms with E-state index in [-0.39, 0.29) is 17.5 Å². The number of rotatable bonds is 7. The quantitative estimate of drug-likeness (QED) is 0.544. The smallest absolute Gasteiger partial charge is 0.167 e. The summed E-state index contributed by atoms with van der Waals surface area (Å²) in [7, 11) is 0. The molecule has 1 aliphatic rings. The maximum absolute atomic E-state index is 13.0. The summed E-state index contributed by atoms with van der Waals surface area (Å²) in [4.78, 5) is 14.2. The van der Waals surface area contributed by atoms with Crippen LogP contribution in [-0.4, -0.2) is 16.6 Å². The Morgan fingerprint density at radius 1 is 1.14 bits per heavy atom. The Kier molecular flexibility index (Phi) is 6.71. The van der Waals surface area contributed by atoms with Crippen molar-refractivity contribution in [2.75, 3.05) is 5.75 Å². The fraction of sp³-hybridized carbons (Fsp3) is 0.458. The molecule has 0 fully saturated rings.